The van der Waals surface area contributed by atoms with Gasteiger partial charge < -0.3 is 4.90 Å². The summed E-state index contributed by atoms with van der Waals surface area (Å²) in [6.07, 6.45) is 7.42. The van der Waals surface area contributed by atoms with E-state index >= 15 is 0 Å². The Morgan fingerprint density at radius 3 is 2.77 bits per heavy atom. The molecule has 5 nitrogen and oxygen atoms in total. The van der Waals surface area contributed by atoms with Gasteiger partial charge in [-0.15, -0.1) is 10.2 Å². The number of carbonyl (C=O) groups excluding carboxylic acids is 1. The number of likely N-dealkylation sites (tertiary alicyclic amines) is 1. The predicted octanol–water partition coefficient (Wildman–Crippen LogP) is 3.46. The number of aromatic nitrogens is 3. The van der Waals surface area contributed by atoms with Gasteiger partial charge in [-0.3, -0.25) is 9.20 Å². The van der Waals surface area contributed by atoms with Crippen LogP contribution in [-0.2, 0) is 4.79 Å². The zero-order valence-electron chi connectivity index (χ0n) is 14.9. The number of carbonyl (C=O) groups is 1. The molecule has 5 heteroatoms. The Morgan fingerprint density at radius 1 is 1.12 bits per heavy atom. The van der Waals surface area contributed by atoms with Crippen LogP contribution in [0, 0.1) is 6.92 Å². The van der Waals surface area contributed by atoms with E-state index in [1.165, 1.54) is 5.56 Å². The Bertz CT molecular complexity index is 951. The molecule has 1 aromatic carbocycles. The van der Waals surface area contributed by atoms with Gasteiger partial charge in [0.25, 0.3) is 0 Å². The van der Waals surface area contributed by atoms with Crippen molar-refractivity contribution >= 4 is 17.6 Å². The van der Waals surface area contributed by atoms with E-state index in [2.05, 4.69) is 33.7 Å². The number of fused-ring (bicyclic) bond motifs is 1. The van der Waals surface area contributed by atoms with E-state index in [9.17, 15) is 4.79 Å². The van der Waals surface area contributed by atoms with Crippen LogP contribution in [0.3, 0.4) is 0 Å². The quantitative estimate of drug-likeness (QED) is 0.683. The fourth-order valence-electron chi connectivity index (χ4n) is 3.54. The molecule has 26 heavy (non-hydrogen) atoms. The number of piperidine rings is 1. The third kappa shape index (κ3) is 3.38. The summed E-state index contributed by atoms with van der Waals surface area (Å²) >= 11 is 0. The zero-order valence-corrected chi connectivity index (χ0v) is 14.9. The molecule has 0 radical (unpaired) electrons. The van der Waals surface area contributed by atoms with Crippen LogP contribution in [-0.4, -0.2) is 38.5 Å². The average Bonchev–Trinajstić information content (AvgIpc) is 3.10. The highest BCUT2D eigenvalue weighted by atomic mass is 16.2. The predicted molar refractivity (Wildman–Crippen MR) is 102 cm³/mol. The summed E-state index contributed by atoms with van der Waals surface area (Å²) in [5, 5.41) is 8.61. The molecule has 1 amide bonds. The van der Waals surface area contributed by atoms with E-state index in [0.29, 0.717) is 5.92 Å². The van der Waals surface area contributed by atoms with E-state index in [4.69, 9.17) is 0 Å². The lowest BCUT2D eigenvalue weighted by Gasteiger charge is -2.30. The second kappa shape index (κ2) is 7.12. The third-order valence-corrected chi connectivity index (χ3v) is 4.97. The molecule has 3 heterocycles. The molecule has 1 aliphatic rings. The van der Waals surface area contributed by atoms with Gasteiger partial charge in [-0.25, -0.2) is 0 Å². The van der Waals surface area contributed by atoms with E-state index in [1.807, 2.05) is 47.5 Å². The monoisotopic (exact) mass is 346 g/mol. The van der Waals surface area contributed by atoms with Gasteiger partial charge in [0.05, 0.1) is 0 Å². The lowest BCUT2D eigenvalue weighted by Crippen LogP contribution is -2.37. The highest BCUT2D eigenvalue weighted by molar-refractivity contribution is 5.91. The van der Waals surface area contributed by atoms with Crippen LogP contribution < -0.4 is 0 Å². The molecular formula is C21H22N4O. The number of aryl methyl sites for hydroxylation is 1. The van der Waals surface area contributed by atoms with E-state index < -0.39 is 0 Å². The number of hydrogen-bond acceptors (Lipinski definition) is 3. The number of nitrogens with zero attached hydrogens (tertiary/aromatic N) is 4. The number of benzene rings is 1. The highest BCUT2D eigenvalue weighted by Crippen LogP contribution is 2.27. The zero-order chi connectivity index (χ0) is 17.9. The molecule has 4 rings (SSSR count). The average molecular weight is 346 g/mol. The van der Waals surface area contributed by atoms with Crippen molar-refractivity contribution in [1.29, 1.82) is 0 Å². The number of pyridine rings is 1. The highest BCUT2D eigenvalue weighted by Gasteiger charge is 2.25. The largest absolute Gasteiger partial charge is 0.339 e. The Balaban J connectivity index is 1.39. The molecule has 132 valence electrons. The summed E-state index contributed by atoms with van der Waals surface area (Å²) in [6, 6.07) is 14.1. The van der Waals surface area contributed by atoms with Crippen LogP contribution >= 0.6 is 0 Å². The summed E-state index contributed by atoms with van der Waals surface area (Å²) in [4.78, 5) is 14.4. The van der Waals surface area contributed by atoms with Crippen LogP contribution in [0.1, 0.15) is 35.7 Å². The topological polar surface area (TPSA) is 50.5 Å². The lowest BCUT2D eigenvalue weighted by atomic mass is 9.96. The fourth-order valence-corrected chi connectivity index (χ4v) is 3.54. The maximum Gasteiger partial charge on any atom is 0.246 e. The normalized spacial score (nSPS) is 15.8. The van der Waals surface area contributed by atoms with Gasteiger partial charge in [0.2, 0.25) is 5.91 Å². The summed E-state index contributed by atoms with van der Waals surface area (Å²) in [5.74, 6) is 1.43. The Morgan fingerprint density at radius 2 is 1.96 bits per heavy atom. The minimum atomic E-state index is 0.0797. The first-order valence-corrected chi connectivity index (χ1v) is 9.04. The van der Waals surface area contributed by atoms with E-state index in [0.717, 1.165) is 43.0 Å². The van der Waals surface area contributed by atoms with Crippen LogP contribution in [0.15, 0.2) is 54.7 Å². The number of rotatable bonds is 3. The molecule has 0 saturated carbocycles. The van der Waals surface area contributed by atoms with Crippen molar-refractivity contribution in [2.75, 3.05) is 13.1 Å². The van der Waals surface area contributed by atoms with Gasteiger partial charge in [-0.2, -0.15) is 0 Å². The first kappa shape index (κ1) is 16.5. The molecule has 0 atom stereocenters. The number of hydrogen-bond donors (Lipinski definition) is 0. The first-order chi connectivity index (χ1) is 12.7. The van der Waals surface area contributed by atoms with Crippen molar-refractivity contribution in [2.24, 2.45) is 0 Å². The van der Waals surface area contributed by atoms with Gasteiger partial charge in [0.1, 0.15) is 5.82 Å². The molecule has 0 N–H and O–H groups in total. The molecule has 0 spiro atoms. The van der Waals surface area contributed by atoms with Crippen molar-refractivity contribution in [3.8, 4) is 0 Å². The van der Waals surface area contributed by atoms with Gasteiger partial charge in [0.15, 0.2) is 5.65 Å². The second-order valence-electron chi connectivity index (χ2n) is 6.83. The maximum atomic E-state index is 12.5. The van der Waals surface area contributed by atoms with Crippen LogP contribution in [0.4, 0.5) is 0 Å². The van der Waals surface area contributed by atoms with E-state index in [1.54, 1.807) is 6.08 Å². The van der Waals surface area contributed by atoms with Crippen molar-refractivity contribution in [1.82, 2.24) is 19.5 Å². The Labute approximate surface area is 153 Å². The van der Waals surface area contributed by atoms with Crippen molar-refractivity contribution in [3.05, 3.63) is 71.7 Å². The van der Waals surface area contributed by atoms with Crippen LogP contribution in [0.5, 0.6) is 0 Å². The summed E-state index contributed by atoms with van der Waals surface area (Å²) in [5.41, 5.74) is 3.13. The van der Waals surface area contributed by atoms with Crippen molar-refractivity contribution < 1.29 is 4.79 Å². The second-order valence-corrected chi connectivity index (χ2v) is 6.83. The van der Waals surface area contributed by atoms with Gasteiger partial charge >= 0.3 is 0 Å². The summed E-state index contributed by atoms with van der Waals surface area (Å²) in [6.45, 7) is 3.56. The molecular weight excluding hydrogens is 324 g/mol. The molecule has 0 aliphatic carbocycles. The Kier molecular flexibility index (Phi) is 4.52. The fraction of sp³-hybridized carbons (Fsp3) is 0.286. The SMILES string of the molecule is Cc1cccc(C=CC(=O)N2CCC(c3nnc4ccccn34)CC2)c1. The molecule has 2 aromatic heterocycles. The standard InChI is InChI=1S/C21H22N4O/c1-16-5-4-6-17(15-16)8-9-20(26)24-13-10-18(11-14-24)21-23-22-19-7-2-3-12-25(19)21/h2-9,12,15,18H,10-11,13-14H2,1H3. The number of amides is 1. The minimum absolute atomic E-state index is 0.0797. The van der Waals surface area contributed by atoms with Crippen LogP contribution in [0.2, 0.25) is 0 Å². The van der Waals surface area contributed by atoms with Gasteiger partial charge in [-0.05, 0) is 43.5 Å². The van der Waals surface area contributed by atoms with Crippen molar-refractivity contribution in [2.45, 2.75) is 25.7 Å². The van der Waals surface area contributed by atoms with Crippen LogP contribution in [0.25, 0.3) is 11.7 Å². The maximum absolute atomic E-state index is 12.5. The van der Waals surface area contributed by atoms with Crippen molar-refractivity contribution in [3.63, 3.8) is 0 Å². The summed E-state index contributed by atoms with van der Waals surface area (Å²) in [7, 11) is 0. The molecule has 1 saturated heterocycles. The molecule has 3 aromatic rings. The smallest absolute Gasteiger partial charge is 0.246 e. The van der Waals surface area contributed by atoms with E-state index in [-0.39, 0.29) is 5.91 Å². The first-order valence-electron chi connectivity index (χ1n) is 9.04. The third-order valence-electron chi connectivity index (χ3n) is 4.97. The lowest BCUT2D eigenvalue weighted by molar-refractivity contribution is -0.127. The van der Waals surface area contributed by atoms with Gasteiger partial charge in [-0.1, -0.05) is 35.9 Å². The van der Waals surface area contributed by atoms with Gasteiger partial charge in [0, 0.05) is 31.3 Å². The minimum Gasteiger partial charge on any atom is -0.339 e. The molecule has 1 aliphatic heterocycles. The summed E-state index contributed by atoms with van der Waals surface area (Å²) < 4.78 is 2.06. The Hall–Kier alpha value is -2.95. The molecule has 1 fully saturated rings. The molecule has 0 bridgehead atoms. The molecule has 0 unspecified atom stereocenters.